The summed E-state index contributed by atoms with van der Waals surface area (Å²) in [6.45, 7) is 1.81. The van der Waals surface area contributed by atoms with Gasteiger partial charge in [-0.2, -0.15) is 0 Å². The van der Waals surface area contributed by atoms with Crippen molar-refractivity contribution in [2.45, 2.75) is 11.3 Å². The first-order chi connectivity index (χ1) is 9.06. The predicted molar refractivity (Wildman–Crippen MR) is 71.7 cm³/mol. The van der Waals surface area contributed by atoms with E-state index in [2.05, 4.69) is 9.71 Å². The average molecular weight is 309 g/mol. The minimum absolute atomic E-state index is 0.104. The summed E-state index contributed by atoms with van der Waals surface area (Å²) >= 11 is 5.65. The molecular weight excluding hydrogens is 292 g/mol. The lowest BCUT2D eigenvalue weighted by Crippen LogP contribution is -2.25. The van der Waals surface area contributed by atoms with E-state index in [1.165, 1.54) is 18.3 Å². The smallest absolute Gasteiger partial charge is 0.240 e. The Labute approximate surface area is 118 Å². The van der Waals surface area contributed by atoms with Crippen molar-refractivity contribution in [3.05, 3.63) is 23.5 Å². The van der Waals surface area contributed by atoms with Crippen LogP contribution in [0, 0.1) is 0 Å². The van der Waals surface area contributed by atoms with Gasteiger partial charge in [-0.1, -0.05) is 11.6 Å². The van der Waals surface area contributed by atoms with Gasteiger partial charge in [-0.3, -0.25) is 0 Å². The molecule has 1 aromatic heterocycles. The highest BCUT2D eigenvalue weighted by molar-refractivity contribution is 7.89. The van der Waals surface area contributed by atoms with Gasteiger partial charge < -0.3 is 9.47 Å². The van der Waals surface area contributed by atoms with Crippen LogP contribution in [0.25, 0.3) is 0 Å². The molecule has 6 nitrogen and oxygen atoms in total. The van der Waals surface area contributed by atoms with Crippen LogP contribution in [0.5, 0.6) is 0 Å². The van der Waals surface area contributed by atoms with Crippen LogP contribution in [0.4, 0.5) is 0 Å². The van der Waals surface area contributed by atoms with Crippen molar-refractivity contribution in [2.75, 3.05) is 33.5 Å². The molecule has 0 aliphatic carbocycles. The normalized spacial score (nSPS) is 11.7. The average Bonchev–Trinajstić information content (AvgIpc) is 2.38. The van der Waals surface area contributed by atoms with E-state index in [0.29, 0.717) is 32.8 Å². The van der Waals surface area contributed by atoms with Crippen molar-refractivity contribution >= 4 is 21.6 Å². The third-order valence-corrected chi connectivity index (χ3v) is 3.86. The van der Waals surface area contributed by atoms with Gasteiger partial charge >= 0.3 is 0 Å². The Morgan fingerprint density at radius 2 is 2.16 bits per heavy atom. The first kappa shape index (κ1) is 16.3. The lowest BCUT2D eigenvalue weighted by molar-refractivity contribution is 0.0699. The van der Waals surface area contributed by atoms with Crippen molar-refractivity contribution in [3.8, 4) is 0 Å². The maximum absolute atomic E-state index is 11.9. The van der Waals surface area contributed by atoms with Crippen molar-refractivity contribution < 1.29 is 17.9 Å². The number of aromatic nitrogens is 1. The van der Waals surface area contributed by atoms with Crippen LogP contribution in [-0.2, 0) is 19.5 Å². The highest BCUT2D eigenvalue weighted by Gasteiger charge is 2.13. The summed E-state index contributed by atoms with van der Waals surface area (Å²) in [5, 5.41) is 0.144. The molecule has 1 heterocycles. The van der Waals surface area contributed by atoms with Crippen LogP contribution < -0.4 is 4.72 Å². The monoisotopic (exact) mass is 308 g/mol. The van der Waals surface area contributed by atoms with Crippen molar-refractivity contribution in [2.24, 2.45) is 0 Å². The zero-order valence-electron chi connectivity index (χ0n) is 10.6. The summed E-state index contributed by atoms with van der Waals surface area (Å²) in [7, 11) is -1.94. The van der Waals surface area contributed by atoms with Crippen molar-refractivity contribution in [1.29, 1.82) is 0 Å². The molecule has 19 heavy (non-hydrogen) atoms. The third-order valence-electron chi connectivity index (χ3n) is 2.20. The lowest BCUT2D eigenvalue weighted by atomic mass is 10.5. The van der Waals surface area contributed by atoms with Crippen LogP contribution in [0.15, 0.2) is 23.2 Å². The van der Waals surface area contributed by atoms with Gasteiger partial charge in [0, 0.05) is 26.5 Å². The van der Waals surface area contributed by atoms with Gasteiger partial charge in [0.1, 0.15) is 5.15 Å². The molecule has 0 saturated carbocycles. The van der Waals surface area contributed by atoms with E-state index < -0.39 is 10.0 Å². The molecule has 1 rings (SSSR count). The first-order valence-electron chi connectivity index (χ1n) is 5.74. The van der Waals surface area contributed by atoms with Gasteiger partial charge in [0.25, 0.3) is 0 Å². The fourth-order valence-corrected chi connectivity index (χ4v) is 2.59. The van der Waals surface area contributed by atoms with Gasteiger partial charge in [0.15, 0.2) is 0 Å². The Bertz CT molecular complexity index is 481. The fraction of sp³-hybridized carbons (Fsp3) is 0.545. The number of sulfonamides is 1. The van der Waals surface area contributed by atoms with Gasteiger partial charge in [0.05, 0.1) is 18.1 Å². The van der Waals surface area contributed by atoms with Crippen LogP contribution in [-0.4, -0.2) is 46.9 Å². The summed E-state index contributed by atoms with van der Waals surface area (Å²) in [6.07, 6.45) is 1.94. The van der Waals surface area contributed by atoms with E-state index in [4.69, 9.17) is 21.1 Å². The molecule has 108 valence electrons. The summed E-state index contributed by atoms with van der Waals surface area (Å²) in [4.78, 5) is 3.84. The number of nitrogens with one attached hydrogen (secondary N) is 1. The number of hydrogen-bond donors (Lipinski definition) is 1. The van der Waals surface area contributed by atoms with Crippen LogP contribution >= 0.6 is 11.6 Å². The molecule has 0 aliphatic heterocycles. The van der Waals surface area contributed by atoms with Crippen LogP contribution in [0.2, 0.25) is 5.15 Å². The SMILES string of the molecule is COCCOCCCNS(=O)(=O)c1ccnc(Cl)c1. The second-order valence-corrected chi connectivity index (χ2v) is 5.82. The van der Waals surface area contributed by atoms with Crippen molar-refractivity contribution in [3.63, 3.8) is 0 Å². The molecule has 0 fully saturated rings. The fourth-order valence-electron chi connectivity index (χ4n) is 1.26. The maximum Gasteiger partial charge on any atom is 0.240 e. The third kappa shape index (κ3) is 6.31. The van der Waals surface area contributed by atoms with Crippen LogP contribution in [0.1, 0.15) is 6.42 Å². The molecule has 8 heteroatoms. The summed E-state index contributed by atoms with van der Waals surface area (Å²) < 4.78 is 36.2. The molecule has 0 amide bonds. The van der Waals surface area contributed by atoms with E-state index >= 15 is 0 Å². The number of halogens is 1. The second-order valence-electron chi connectivity index (χ2n) is 3.67. The number of hydrogen-bond acceptors (Lipinski definition) is 5. The molecule has 0 saturated heterocycles. The Morgan fingerprint density at radius 3 is 2.84 bits per heavy atom. The number of rotatable bonds is 9. The standard InChI is InChI=1S/C11H17ClN2O4S/c1-17-7-8-18-6-2-4-14-19(15,16)10-3-5-13-11(12)9-10/h3,5,9,14H,2,4,6-8H2,1H3. The van der Waals surface area contributed by atoms with Gasteiger partial charge in [0.2, 0.25) is 10.0 Å². The molecule has 1 aromatic rings. The zero-order valence-corrected chi connectivity index (χ0v) is 12.2. The predicted octanol–water partition coefficient (Wildman–Crippen LogP) is 1.07. The topological polar surface area (TPSA) is 77.5 Å². The van der Waals surface area contributed by atoms with E-state index in [0.717, 1.165) is 0 Å². The van der Waals surface area contributed by atoms with Crippen molar-refractivity contribution in [1.82, 2.24) is 9.71 Å². The number of nitrogens with zero attached hydrogens (tertiary/aromatic N) is 1. The molecule has 0 bridgehead atoms. The Hall–Kier alpha value is -0.730. The highest BCUT2D eigenvalue weighted by atomic mass is 35.5. The van der Waals surface area contributed by atoms with E-state index in [9.17, 15) is 8.42 Å². The van der Waals surface area contributed by atoms with Gasteiger partial charge in [-0.25, -0.2) is 18.1 Å². The minimum Gasteiger partial charge on any atom is -0.382 e. The quantitative estimate of drug-likeness (QED) is 0.545. The molecule has 0 aromatic carbocycles. The summed E-state index contributed by atoms with van der Waals surface area (Å²) in [6, 6.07) is 2.70. The number of ether oxygens (including phenoxy) is 2. The van der Waals surface area contributed by atoms with Gasteiger partial charge in [-0.05, 0) is 18.6 Å². The van der Waals surface area contributed by atoms with E-state index in [1.54, 1.807) is 7.11 Å². The molecule has 0 aliphatic rings. The Morgan fingerprint density at radius 1 is 1.37 bits per heavy atom. The minimum atomic E-state index is -3.53. The first-order valence-corrected chi connectivity index (χ1v) is 7.60. The molecule has 0 atom stereocenters. The molecule has 0 radical (unpaired) electrons. The lowest BCUT2D eigenvalue weighted by Gasteiger charge is -2.07. The molecule has 1 N–H and O–H groups in total. The highest BCUT2D eigenvalue weighted by Crippen LogP contribution is 2.12. The van der Waals surface area contributed by atoms with Gasteiger partial charge in [-0.15, -0.1) is 0 Å². The molecular formula is C11H17ClN2O4S. The van der Waals surface area contributed by atoms with E-state index in [1.807, 2.05) is 0 Å². The summed E-state index contributed by atoms with van der Waals surface area (Å²) in [5.41, 5.74) is 0. The largest absolute Gasteiger partial charge is 0.382 e. The molecule has 0 unspecified atom stereocenters. The van der Waals surface area contributed by atoms with Crippen LogP contribution in [0.3, 0.4) is 0 Å². The molecule has 0 spiro atoms. The summed E-state index contributed by atoms with van der Waals surface area (Å²) in [5.74, 6) is 0. The second kappa shape index (κ2) is 8.44. The van der Waals surface area contributed by atoms with E-state index in [-0.39, 0.29) is 10.0 Å². The number of pyridine rings is 1. The Kier molecular flexibility index (Phi) is 7.25. The Balaban J connectivity index is 2.32. The maximum atomic E-state index is 11.9. The number of methoxy groups -OCH3 is 1. The zero-order chi connectivity index (χ0) is 14.1.